The average Bonchev–Trinajstić information content (AvgIpc) is 2.90. The van der Waals surface area contributed by atoms with E-state index in [4.69, 9.17) is 8.85 Å². The first-order valence-electron chi connectivity index (χ1n) is 15.8. The van der Waals surface area contributed by atoms with Gasteiger partial charge in [0.15, 0.2) is 16.6 Å². The van der Waals surface area contributed by atoms with E-state index in [9.17, 15) is 9.90 Å². The molecule has 1 aromatic carbocycles. The molecule has 43 heavy (non-hydrogen) atoms. The Labute approximate surface area is 266 Å². The van der Waals surface area contributed by atoms with E-state index in [1.807, 2.05) is 24.3 Å². The molecule has 0 saturated carbocycles. The molecule has 0 aromatic heterocycles. The summed E-state index contributed by atoms with van der Waals surface area (Å²) in [4.78, 5) is 11.4. The molecule has 0 heterocycles. The summed E-state index contributed by atoms with van der Waals surface area (Å²) in [6.45, 7) is 29.1. The van der Waals surface area contributed by atoms with Crippen LogP contribution in [0.1, 0.15) is 80.2 Å². The van der Waals surface area contributed by atoms with E-state index in [1.165, 1.54) is 18.7 Å². The molecule has 6 atom stereocenters. The van der Waals surface area contributed by atoms with Crippen LogP contribution in [-0.4, -0.2) is 53.1 Å². The van der Waals surface area contributed by atoms with Crippen LogP contribution in [0, 0.1) is 11.8 Å². The van der Waals surface area contributed by atoms with Gasteiger partial charge in [-0.15, -0.1) is 0 Å². The maximum Gasteiger partial charge on any atom is 0.330 e. The Morgan fingerprint density at radius 1 is 0.814 bits per heavy atom. The second kappa shape index (κ2) is 16.5. The molecule has 0 aliphatic heterocycles. The van der Waals surface area contributed by atoms with Crippen LogP contribution in [0.15, 0.2) is 66.8 Å². The minimum absolute atomic E-state index is 0.0190. The average molecular weight is 631 g/mol. The van der Waals surface area contributed by atoms with E-state index in [0.717, 1.165) is 0 Å². The van der Waals surface area contributed by atoms with Crippen LogP contribution in [-0.2, 0) is 18.4 Å². The van der Waals surface area contributed by atoms with Gasteiger partial charge in [0, 0.05) is 18.4 Å². The lowest BCUT2D eigenvalue weighted by Gasteiger charge is -2.42. The van der Waals surface area contributed by atoms with Crippen LogP contribution in [0.2, 0.25) is 36.3 Å². The van der Waals surface area contributed by atoms with Crippen LogP contribution in [0.5, 0.6) is 0 Å². The molecule has 1 aromatic rings. The van der Waals surface area contributed by atoms with Gasteiger partial charge in [0.2, 0.25) is 0 Å². The zero-order valence-electron chi connectivity index (χ0n) is 29.6. The number of benzene rings is 1. The number of ether oxygens (including phenoxy) is 1. The normalized spacial score (nSPS) is 18.1. The van der Waals surface area contributed by atoms with Crippen LogP contribution in [0.3, 0.4) is 0 Å². The maximum absolute atomic E-state index is 11.4. The monoisotopic (exact) mass is 630 g/mol. The highest BCUT2D eigenvalue weighted by Gasteiger charge is 2.42. The number of carbonyl (C=O) groups excluding carboxylic acids is 1. The fourth-order valence-corrected chi connectivity index (χ4v) is 7.22. The number of hydrogen-bond donors (Lipinski definition) is 1. The van der Waals surface area contributed by atoms with Gasteiger partial charge >= 0.3 is 5.97 Å². The van der Waals surface area contributed by atoms with Crippen LogP contribution >= 0.6 is 0 Å². The lowest BCUT2D eigenvalue weighted by atomic mass is 9.87. The number of aliphatic hydroxyl groups excluding tert-OH is 1. The van der Waals surface area contributed by atoms with Crippen molar-refractivity contribution >= 4 is 22.6 Å². The zero-order chi connectivity index (χ0) is 33.2. The largest absolute Gasteiger partial charge is 0.466 e. The second-order valence-electron chi connectivity index (χ2n) is 15.1. The Kier molecular flexibility index (Phi) is 15.1. The first-order chi connectivity index (χ1) is 19.6. The number of esters is 1. The summed E-state index contributed by atoms with van der Waals surface area (Å²) in [6, 6.07) is 10.6. The molecule has 0 saturated heterocycles. The number of methoxy groups -OCH3 is 1. The predicted molar refractivity (Wildman–Crippen MR) is 187 cm³/mol. The molecule has 0 bridgehead atoms. The molecule has 0 aliphatic carbocycles. The van der Waals surface area contributed by atoms with Crippen molar-refractivity contribution in [1.29, 1.82) is 0 Å². The quantitative estimate of drug-likeness (QED) is 0.0688. The van der Waals surface area contributed by atoms with Crippen molar-refractivity contribution in [2.24, 2.45) is 11.8 Å². The highest BCUT2D eigenvalue weighted by Crippen LogP contribution is 2.41. The summed E-state index contributed by atoms with van der Waals surface area (Å²) < 4.78 is 18.6. The number of rotatable bonds is 15. The highest BCUT2D eigenvalue weighted by molar-refractivity contribution is 6.74. The van der Waals surface area contributed by atoms with Crippen molar-refractivity contribution in [3.63, 3.8) is 0 Å². The number of hydrogen-bond acceptors (Lipinski definition) is 5. The van der Waals surface area contributed by atoms with Gasteiger partial charge in [-0.25, -0.2) is 4.79 Å². The summed E-state index contributed by atoms with van der Waals surface area (Å²) in [5.41, 5.74) is 1.26. The van der Waals surface area contributed by atoms with Gasteiger partial charge in [0.1, 0.15) is 0 Å². The summed E-state index contributed by atoms with van der Waals surface area (Å²) in [6.07, 6.45) is 10.6. The third-order valence-corrected chi connectivity index (χ3v) is 18.5. The van der Waals surface area contributed by atoms with Gasteiger partial charge in [-0.3, -0.25) is 0 Å². The summed E-state index contributed by atoms with van der Waals surface area (Å²) >= 11 is 0. The first-order valence-corrected chi connectivity index (χ1v) is 21.6. The van der Waals surface area contributed by atoms with Gasteiger partial charge in [-0.2, -0.15) is 0 Å². The van der Waals surface area contributed by atoms with Gasteiger partial charge in [0.05, 0.1) is 25.4 Å². The molecular formula is C36H62O5Si2. The molecular weight excluding hydrogens is 569 g/mol. The van der Waals surface area contributed by atoms with Gasteiger partial charge < -0.3 is 18.7 Å². The molecule has 5 nitrogen and oxygen atoms in total. The number of allylic oxidation sites excluding steroid dienone is 2. The van der Waals surface area contributed by atoms with Gasteiger partial charge in [0.25, 0.3) is 0 Å². The lowest BCUT2D eigenvalue weighted by molar-refractivity contribution is -0.134. The molecule has 0 spiro atoms. The van der Waals surface area contributed by atoms with Crippen molar-refractivity contribution in [2.45, 2.75) is 129 Å². The van der Waals surface area contributed by atoms with Crippen LogP contribution in [0.25, 0.3) is 0 Å². The van der Waals surface area contributed by atoms with E-state index < -0.39 is 28.7 Å². The zero-order valence-corrected chi connectivity index (χ0v) is 31.6. The molecule has 0 amide bonds. The second-order valence-corrected chi connectivity index (χ2v) is 24.6. The third-order valence-electron chi connectivity index (χ3n) is 9.48. The third kappa shape index (κ3) is 12.6. The number of carbonyl (C=O) groups is 1. The minimum Gasteiger partial charge on any atom is -0.466 e. The minimum atomic E-state index is -2.11. The molecule has 7 heteroatoms. The molecule has 0 radical (unpaired) electrons. The molecule has 0 aliphatic rings. The Bertz CT molecular complexity index is 1060. The van der Waals surface area contributed by atoms with Crippen molar-refractivity contribution in [2.75, 3.05) is 7.11 Å². The summed E-state index contributed by atoms with van der Waals surface area (Å²) in [5.74, 6) is -0.0624. The fourth-order valence-electron chi connectivity index (χ4n) is 4.35. The van der Waals surface area contributed by atoms with E-state index in [0.29, 0.717) is 6.42 Å². The van der Waals surface area contributed by atoms with Crippen LogP contribution in [0.4, 0.5) is 0 Å². The van der Waals surface area contributed by atoms with E-state index in [2.05, 4.69) is 124 Å². The topological polar surface area (TPSA) is 65.0 Å². The van der Waals surface area contributed by atoms with E-state index in [-0.39, 0.29) is 40.0 Å². The molecule has 1 N–H and O–H groups in total. The Hall–Kier alpha value is -1.78. The smallest absolute Gasteiger partial charge is 0.330 e. The number of aliphatic hydroxyl groups is 1. The highest BCUT2D eigenvalue weighted by atomic mass is 28.4. The molecule has 0 fully saturated rings. The molecule has 0 unspecified atom stereocenters. The fraction of sp³-hybridized carbons (Fsp3) is 0.639. The van der Waals surface area contributed by atoms with Crippen molar-refractivity contribution in [1.82, 2.24) is 0 Å². The maximum atomic E-state index is 11.4. The Morgan fingerprint density at radius 3 is 1.86 bits per heavy atom. The van der Waals surface area contributed by atoms with E-state index in [1.54, 1.807) is 6.08 Å². The molecule has 244 valence electrons. The predicted octanol–water partition coefficient (Wildman–Crippen LogP) is 9.44. The summed E-state index contributed by atoms with van der Waals surface area (Å²) in [5, 5.41) is 11.4. The van der Waals surface area contributed by atoms with Gasteiger partial charge in [-0.05, 0) is 53.7 Å². The van der Waals surface area contributed by atoms with E-state index >= 15 is 0 Å². The standard InChI is InChI=1S/C36H62O5Si2/c1-27(20-18-19-23-33(38)39-10)32(40-42(11,12)35(4,5)6)26-31(37)25-24-28(2)34(41-43(13,14)36(7,8)9)29(3)30-21-16-15-17-22-30/h15-25,27-29,31-32,34,37H,26H2,1-14H3/b20-18+,23-19-,25-24-/t27-,28-,29+,31+,32+,34-/m1/s1. The van der Waals surface area contributed by atoms with Crippen molar-refractivity contribution in [3.8, 4) is 0 Å². The van der Waals surface area contributed by atoms with Crippen LogP contribution < -0.4 is 0 Å². The first kappa shape index (κ1) is 39.2. The molecule has 1 rings (SSSR count). The van der Waals surface area contributed by atoms with Gasteiger partial charge in [-0.1, -0.05) is 123 Å². The summed E-state index contributed by atoms with van der Waals surface area (Å²) in [7, 11) is -2.79. The lowest BCUT2D eigenvalue weighted by Crippen LogP contribution is -2.46. The van der Waals surface area contributed by atoms with Crippen molar-refractivity contribution in [3.05, 3.63) is 72.4 Å². The Balaban J connectivity index is 3.24. The Morgan fingerprint density at radius 2 is 1.35 bits per heavy atom. The van der Waals surface area contributed by atoms with Crippen molar-refractivity contribution < 1.29 is 23.5 Å². The SMILES string of the molecule is COC(=O)/C=C\C=C\[C@@H](C)[C@H](C[C@@H](O)/C=C\[C@@H](C)[C@@H](O[Si](C)(C)C(C)(C)C)[C@@H](C)c1ccccc1)O[Si](C)(C)C(C)(C)C.